The van der Waals surface area contributed by atoms with Gasteiger partial charge in [0.05, 0.1) is 17.8 Å². The van der Waals surface area contributed by atoms with Crippen LogP contribution in [-0.2, 0) is 19.1 Å². The Labute approximate surface area is 175 Å². The van der Waals surface area contributed by atoms with Gasteiger partial charge in [-0.2, -0.15) is 0 Å². The summed E-state index contributed by atoms with van der Waals surface area (Å²) in [7, 11) is 0. The van der Waals surface area contributed by atoms with Crippen LogP contribution in [0.4, 0.5) is 0 Å². The van der Waals surface area contributed by atoms with Crippen molar-refractivity contribution in [2.24, 2.45) is 0 Å². The van der Waals surface area contributed by atoms with E-state index in [1.165, 1.54) is 6.92 Å². The third-order valence-electron chi connectivity index (χ3n) is 4.67. The van der Waals surface area contributed by atoms with Crippen LogP contribution in [-0.4, -0.2) is 54.7 Å². The van der Waals surface area contributed by atoms with E-state index in [0.29, 0.717) is 24.4 Å². The lowest BCUT2D eigenvalue weighted by Crippen LogP contribution is -2.49. The lowest BCUT2D eigenvalue weighted by atomic mass is 10.0. The zero-order valence-electron chi connectivity index (χ0n) is 17.3. The standard InChI is InChI=1S/C23H25NO6/c1-15-12-24(13-16(2)29-15)22(26)14-28-23(27)20-6-4-18(5-7-20)19-8-10-21(11-9-19)30-17(3)25/h4-11,15-16H,12-14H2,1-3H3/t15-,16-/m1/s1. The summed E-state index contributed by atoms with van der Waals surface area (Å²) in [5, 5.41) is 0. The highest BCUT2D eigenvalue weighted by atomic mass is 16.5. The van der Waals surface area contributed by atoms with Crippen molar-refractivity contribution in [3.8, 4) is 16.9 Å². The molecule has 3 rings (SSSR count). The first-order valence-corrected chi connectivity index (χ1v) is 9.81. The monoisotopic (exact) mass is 411 g/mol. The van der Waals surface area contributed by atoms with Gasteiger partial charge in [0, 0.05) is 20.0 Å². The van der Waals surface area contributed by atoms with Crippen LogP contribution in [0.3, 0.4) is 0 Å². The maximum atomic E-state index is 12.3. The number of hydrogen-bond acceptors (Lipinski definition) is 6. The minimum absolute atomic E-state index is 0.0379. The van der Waals surface area contributed by atoms with E-state index in [-0.39, 0.29) is 30.7 Å². The van der Waals surface area contributed by atoms with Gasteiger partial charge in [-0.05, 0) is 49.2 Å². The fourth-order valence-electron chi connectivity index (χ4n) is 3.36. The van der Waals surface area contributed by atoms with E-state index in [1.54, 1.807) is 41.3 Å². The highest BCUT2D eigenvalue weighted by Crippen LogP contribution is 2.23. The van der Waals surface area contributed by atoms with E-state index in [2.05, 4.69) is 0 Å². The molecule has 1 aliphatic rings. The minimum Gasteiger partial charge on any atom is -0.452 e. The lowest BCUT2D eigenvalue weighted by Gasteiger charge is -2.35. The first-order chi connectivity index (χ1) is 14.3. The number of carbonyl (C=O) groups excluding carboxylic acids is 3. The number of amides is 1. The quantitative estimate of drug-likeness (QED) is 0.556. The average Bonchev–Trinajstić information content (AvgIpc) is 2.71. The molecule has 0 aliphatic carbocycles. The van der Waals surface area contributed by atoms with Crippen molar-refractivity contribution in [3.05, 3.63) is 54.1 Å². The van der Waals surface area contributed by atoms with Gasteiger partial charge in [-0.3, -0.25) is 9.59 Å². The summed E-state index contributed by atoms with van der Waals surface area (Å²) >= 11 is 0. The van der Waals surface area contributed by atoms with E-state index < -0.39 is 5.97 Å². The third-order valence-corrected chi connectivity index (χ3v) is 4.67. The van der Waals surface area contributed by atoms with Crippen LogP contribution in [0, 0.1) is 0 Å². The van der Waals surface area contributed by atoms with Crippen molar-refractivity contribution in [3.63, 3.8) is 0 Å². The van der Waals surface area contributed by atoms with Gasteiger partial charge in [0.2, 0.25) is 0 Å². The SMILES string of the molecule is CC(=O)Oc1ccc(-c2ccc(C(=O)OCC(=O)N3C[C@@H](C)O[C@H](C)C3)cc2)cc1. The highest BCUT2D eigenvalue weighted by Gasteiger charge is 2.26. The third kappa shape index (κ3) is 5.67. The van der Waals surface area contributed by atoms with Gasteiger partial charge < -0.3 is 19.1 Å². The molecule has 7 nitrogen and oxygen atoms in total. The maximum absolute atomic E-state index is 12.3. The highest BCUT2D eigenvalue weighted by molar-refractivity contribution is 5.92. The van der Waals surface area contributed by atoms with Crippen LogP contribution < -0.4 is 4.74 Å². The first-order valence-electron chi connectivity index (χ1n) is 9.81. The lowest BCUT2D eigenvalue weighted by molar-refractivity contribution is -0.146. The molecule has 1 fully saturated rings. The number of nitrogens with zero attached hydrogens (tertiary/aromatic N) is 1. The van der Waals surface area contributed by atoms with Crippen molar-refractivity contribution in [1.82, 2.24) is 4.90 Å². The molecule has 1 aliphatic heterocycles. The Morgan fingerprint density at radius 3 is 2.00 bits per heavy atom. The molecule has 1 heterocycles. The van der Waals surface area contributed by atoms with Gasteiger partial charge in [0.25, 0.3) is 5.91 Å². The molecule has 158 valence electrons. The minimum atomic E-state index is -0.547. The number of ether oxygens (including phenoxy) is 3. The van der Waals surface area contributed by atoms with Gasteiger partial charge in [0.15, 0.2) is 6.61 Å². The number of esters is 2. The van der Waals surface area contributed by atoms with Gasteiger partial charge >= 0.3 is 11.9 Å². The molecular weight excluding hydrogens is 386 g/mol. The Hall–Kier alpha value is -3.19. The second-order valence-corrected chi connectivity index (χ2v) is 7.33. The van der Waals surface area contributed by atoms with E-state index in [4.69, 9.17) is 14.2 Å². The fourth-order valence-corrected chi connectivity index (χ4v) is 3.36. The molecule has 0 aromatic heterocycles. The van der Waals surface area contributed by atoms with Crippen molar-refractivity contribution >= 4 is 17.8 Å². The number of rotatable bonds is 5. The number of carbonyl (C=O) groups is 3. The smallest absolute Gasteiger partial charge is 0.338 e. The largest absolute Gasteiger partial charge is 0.452 e. The van der Waals surface area contributed by atoms with Crippen LogP contribution in [0.1, 0.15) is 31.1 Å². The zero-order valence-corrected chi connectivity index (χ0v) is 17.3. The Bertz CT molecular complexity index is 896. The Morgan fingerprint density at radius 2 is 1.47 bits per heavy atom. The van der Waals surface area contributed by atoms with Gasteiger partial charge in [0.1, 0.15) is 5.75 Å². The molecule has 0 unspecified atom stereocenters. The van der Waals surface area contributed by atoms with Crippen LogP contribution in [0.15, 0.2) is 48.5 Å². The maximum Gasteiger partial charge on any atom is 0.338 e. The molecule has 0 bridgehead atoms. The summed E-state index contributed by atoms with van der Waals surface area (Å²) in [5.41, 5.74) is 2.18. The summed E-state index contributed by atoms with van der Waals surface area (Å²) in [6, 6.07) is 14.0. The summed E-state index contributed by atoms with van der Waals surface area (Å²) in [5.74, 6) is -0.675. The van der Waals surface area contributed by atoms with Crippen LogP contribution >= 0.6 is 0 Å². The Kier molecular flexibility index (Phi) is 6.84. The first kappa shape index (κ1) is 21.5. The van der Waals surface area contributed by atoms with Gasteiger partial charge in [-0.15, -0.1) is 0 Å². The second-order valence-electron chi connectivity index (χ2n) is 7.33. The molecule has 0 N–H and O–H groups in total. The summed E-state index contributed by atoms with van der Waals surface area (Å²) in [6.45, 7) is 5.86. The number of benzene rings is 2. The topological polar surface area (TPSA) is 82.1 Å². The molecule has 0 radical (unpaired) electrons. The fraction of sp³-hybridized carbons (Fsp3) is 0.348. The summed E-state index contributed by atoms with van der Waals surface area (Å²) in [4.78, 5) is 37.3. The molecule has 0 saturated carbocycles. The van der Waals surface area contributed by atoms with Crippen molar-refractivity contribution in [2.45, 2.75) is 33.0 Å². The summed E-state index contributed by atoms with van der Waals surface area (Å²) < 4.78 is 15.8. The Morgan fingerprint density at radius 1 is 0.933 bits per heavy atom. The van der Waals surface area contributed by atoms with Crippen molar-refractivity contribution < 1.29 is 28.6 Å². The van der Waals surface area contributed by atoms with Crippen LogP contribution in [0.25, 0.3) is 11.1 Å². The molecule has 1 saturated heterocycles. The predicted molar refractivity (Wildman–Crippen MR) is 110 cm³/mol. The molecule has 30 heavy (non-hydrogen) atoms. The molecule has 7 heteroatoms. The van der Waals surface area contributed by atoms with Gasteiger partial charge in [-0.1, -0.05) is 24.3 Å². The van der Waals surface area contributed by atoms with Crippen LogP contribution in [0.5, 0.6) is 5.75 Å². The Balaban J connectivity index is 1.56. The van der Waals surface area contributed by atoms with E-state index in [0.717, 1.165) is 11.1 Å². The number of hydrogen-bond donors (Lipinski definition) is 0. The van der Waals surface area contributed by atoms with Crippen molar-refractivity contribution in [2.75, 3.05) is 19.7 Å². The van der Waals surface area contributed by atoms with Crippen LogP contribution in [0.2, 0.25) is 0 Å². The van der Waals surface area contributed by atoms with Gasteiger partial charge in [-0.25, -0.2) is 4.79 Å². The zero-order chi connectivity index (χ0) is 21.7. The molecule has 2 atom stereocenters. The molecular formula is C23H25NO6. The predicted octanol–water partition coefficient (Wildman–Crippen LogP) is 3.07. The molecule has 2 aromatic carbocycles. The molecule has 2 aromatic rings. The van der Waals surface area contributed by atoms with E-state index in [9.17, 15) is 14.4 Å². The van der Waals surface area contributed by atoms with E-state index >= 15 is 0 Å². The summed E-state index contributed by atoms with van der Waals surface area (Å²) in [6.07, 6.45) is -0.0759. The average molecular weight is 411 g/mol. The molecule has 0 spiro atoms. The second kappa shape index (κ2) is 9.54. The molecule has 1 amide bonds. The van der Waals surface area contributed by atoms with Crippen molar-refractivity contribution in [1.29, 1.82) is 0 Å². The normalized spacial score (nSPS) is 18.6. The number of morpholine rings is 1. The van der Waals surface area contributed by atoms with E-state index in [1.807, 2.05) is 26.0 Å².